The van der Waals surface area contributed by atoms with Gasteiger partial charge in [-0.15, -0.1) is 15.9 Å². The predicted octanol–water partition coefficient (Wildman–Crippen LogP) is -0.747. The summed E-state index contributed by atoms with van der Waals surface area (Å²) < 4.78 is 28.9. The average molecular weight is 167 g/mol. The molecule has 0 aliphatic heterocycles. The van der Waals surface area contributed by atoms with Gasteiger partial charge in [-0.25, -0.2) is 0 Å². The quantitative estimate of drug-likeness (QED) is 0.352. The molecule has 0 spiro atoms. The van der Waals surface area contributed by atoms with Crippen LogP contribution in [0.4, 0.5) is 0 Å². The molecule has 1 aromatic rings. The first-order valence-corrected chi connectivity index (χ1v) is 2.48. The molecule has 2 heteroatoms. The molecule has 0 nitrogen and oxygen atoms in total. The molecular weight excluding hydrogens is 159 g/mol. The summed E-state index contributed by atoms with van der Waals surface area (Å²) in [5.74, 6) is 0. The van der Waals surface area contributed by atoms with Gasteiger partial charge < -0.3 is 0 Å². The van der Waals surface area contributed by atoms with Crippen molar-refractivity contribution in [2.75, 3.05) is 0 Å². The Morgan fingerprint density at radius 1 is 1.75 bits per heavy atom. The van der Waals surface area contributed by atoms with Gasteiger partial charge in [-0.3, -0.25) is 0 Å². The summed E-state index contributed by atoms with van der Waals surface area (Å²) in [6.45, 7) is 0. The molecule has 0 saturated carbocycles. The van der Waals surface area contributed by atoms with Gasteiger partial charge in [0.1, 0.15) is 0 Å². The SMILES string of the molecule is [2H]c1[c-]c([2H])c(Br)c([2H])c1[2H].[Li+]. The predicted molar refractivity (Wildman–Crippen MR) is 33.0 cm³/mol. The van der Waals surface area contributed by atoms with Crippen molar-refractivity contribution in [1.29, 1.82) is 0 Å². The fraction of sp³-hybridized carbons (Fsp3) is 0. The third-order valence-corrected chi connectivity index (χ3v) is 0.866. The van der Waals surface area contributed by atoms with Crippen LogP contribution in [-0.4, -0.2) is 0 Å². The summed E-state index contributed by atoms with van der Waals surface area (Å²) in [4.78, 5) is 0. The zero-order valence-corrected chi connectivity index (χ0v) is 5.96. The molecule has 0 saturated heterocycles. The minimum atomic E-state index is -0.205. The third-order valence-electron chi connectivity index (χ3n) is 0.469. The van der Waals surface area contributed by atoms with Crippen molar-refractivity contribution in [2.24, 2.45) is 0 Å². The molecule has 0 N–H and O–H groups in total. The molecular formula is C6H4BrLi. The van der Waals surface area contributed by atoms with E-state index in [0.717, 1.165) is 0 Å². The molecule has 0 radical (unpaired) electrons. The van der Waals surface area contributed by atoms with Gasteiger partial charge in [0.05, 0.1) is 0 Å². The first-order valence-electron chi connectivity index (χ1n) is 3.69. The van der Waals surface area contributed by atoms with Crippen LogP contribution in [0.2, 0.25) is 0 Å². The normalized spacial score (nSPS) is 14.6. The molecule has 0 unspecified atom stereocenters. The van der Waals surface area contributed by atoms with Crippen LogP contribution in [0.15, 0.2) is 28.6 Å². The average Bonchev–Trinajstić information content (AvgIpc) is 1.97. The first kappa shape index (κ1) is 3.46. The smallest absolute Gasteiger partial charge is 0.183 e. The molecule has 1 rings (SSSR count). The minimum Gasteiger partial charge on any atom is -0.183 e. The Morgan fingerprint density at radius 2 is 2.50 bits per heavy atom. The molecule has 0 aromatic heterocycles. The standard InChI is InChI=1S/C6H4Br.Li/c7-6-4-2-1-3-5-6;/h1-2,4-5H;/q-1;+1/i1D,2D,4D,5D;. The molecule has 1 aromatic carbocycles. The van der Waals surface area contributed by atoms with E-state index in [0.29, 0.717) is 0 Å². The molecule has 0 heterocycles. The molecule has 0 amide bonds. The number of rotatable bonds is 0. The van der Waals surface area contributed by atoms with Gasteiger partial charge in [-0.1, -0.05) is 4.47 Å². The molecule has 36 valence electrons. The van der Waals surface area contributed by atoms with E-state index in [-0.39, 0.29) is 47.5 Å². The summed E-state index contributed by atoms with van der Waals surface area (Å²) in [7, 11) is 0. The second-order valence-electron chi connectivity index (χ2n) is 0.939. The Labute approximate surface area is 75.2 Å². The van der Waals surface area contributed by atoms with Gasteiger partial charge in [-0.2, -0.15) is 30.2 Å². The van der Waals surface area contributed by atoms with Crippen LogP contribution in [0.5, 0.6) is 0 Å². The monoisotopic (exact) mass is 166 g/mol. The van der Waals surface area contributed by atoms with E-state index in [9.17, 15) is 0 Å². The molecule has 0 bridgehead atoms. The van der Waals surface area contributed by atoms with Crippen LogP contribution in [-0.2, 0) is 0 Å². The van der Waals surface area contributed by atoms with Gasteiger partial charge in [0.25, 0.3) is 0 Å². The van der Waals surface area contributed by atoms with Crippen molar-refractivity contribution in [3.05, 3.63) is 34.7 Å². The van der Waals surface area contributed by atoms with Crippen molar-refractivity contribution < 1.29 is 24.3 Å². The van der Waals surface area contributed by atoms with Crippen LogP contribution in [0.3, 0.4) is 0 Å². The van der Waals surface area contributed by atoms with Crippen molar-refractivity contribution in [1.82, 2.24) is 0 Å². The van der Waals surface area contributed by atoms with Crippen molar-refractivity contribution in [3.63, 3.8) is 0 Å². The van der Waals surface area contributed by atoms with E-state index in [1.165, 1.54) is 0 Å². The van der Waals surface area contributed by atoms with Crippen molar-refractivity contribution in [2.45, 2.75) is 0 Å². The summed E-state index contributed by atoms with van der Waals surface area (Å²) in [5.41, 5.74) is 0. The Morgan fingerprint density at radius 3 is 3.25 bits per heavy atom. The van der Waals surface area contributed by atoms with Crippen molar-refractivity contribution >= 4 is 15.9 Å². The Kier molecular flexibility index (Phi) is 1.82. The summed E-state index contributed by atoms with van der Waals surface area (Å²) in [6.07, 6.45) is 0. The molecule has 8 heavy (non-hydrogen) atoms. The fourth-order valence-corrected chi connectivity index (χ4v) is 0.433. The van der Waals surface area contributed by atoms with Crippen LogP contribution < -0.4 is 18.9 Å². The van der Waals surface area contributed by atoms with Gasteiger partial charge in [0.15, 0.2) is 0 Å². The largest absolute Gasteiger partial charge is 1.00 e. The second kappa shape index (κ2) is 4.20. The van der Waals surface area contributed by atoms with Crippen LogP contribution in [0.1, 0.15) is 5.48 Å². The topological polar surface area (TPSA) is 0 Å². The Bertz CT molecular complexity index is 276. The van der Waals surface area contributed by atoms with Crippen LogP contribution in [0, 0.1) is 6.07 Å². The Hall–Kier alpha value is 0.297. The van der Waals surface area contributed by atoms with Gasteiger partial charge in [0, 0.05) is 4.11 Å². The van der Waals surface area contributed by atoms with Gasteiger partial charge >= 0.3 is 18.9 Å². The van der Waals surface area contributed by atoms with Crippen molar-refractivity contribution in [3.8, 4) is 0 Å². The van der Waals surface area contributed by atoms with Gasteiger partial charge in [-0.05, 0) is 1.37 Å². The maximum absolute atomic E-state index is 7.23. The molecule has 0 fully saturated rings. The van der Waals surface area contributed by atoms with E-state index in [1.54, 1.807) is 0 Å². The zero-order valence-electron chi connectivity index (χ0n) is 8.38. The van der Waals surface area contributed by atoms with E-state index in [4.69, 9.17) is 5.48 Å². The number of hydrogen-bond donors (Lipinski definition) is 0. The molecule has 0 atom stereocenters. The maximum Gasteiger partial charge on any atom is 1.00 e. The van der Waals surface area contributed by atoms with E-state index in [1.807, 2.05) is 0 Å². The molecule has 0 aliphatic rings. The zero-order chi connectivity index (χ0) is 8.59. The van der Waals surface area contributed by atoms with Gasteiger partial charge in [0.2, 0.25) is 0 Å². The second-order valence-corrected chi connectivity index (χ2v) is 1.73. The third kappa shape index (κ3) is 2.57. The molecule has 0 aliphatic carbocycles. The fourth-order valence-electron chi connectivity index (χ4n) is 0.235. The Balaban J connectivity index is 0.00000121. The van der Waals surface area contributed by atoms with E-state index < -0.39 is 0 Å². The summed E-state index contributed by atoms with van der Waals surface area (Å²) in [5, 5.41) is 0. The minimum absolute atomic E-state index is 0. The number of halogens is 1. The van der Waals surface area contributed by atoms with E-state index in [2.05, 4.69) is 22.0 Å². The number of benzene rings is 1. The summed E-state index contributed by atoms with van der Waals surface area (Å²) in [6, 6.07) is 1.75. The first-order chi connectivity index (χ1) is 5.04. The number of hydrogen-bond acceptors (Lipinski definition) is 0. The van der Waals surface area contributed by atoms with Crippen LogP contribution >= 0.6 is 15.9 Å². The maximum atomic E-state index is 7.23. The summed E-state index contributed by atoms with van der Waals surface area (Å²) >= 11 is 2.95. The van der Waals surface area contributed by atoms with E-state index >= 15 is 0 Å². The van der Waals surface area contributed by atoms with Crippen LogP contribution in [0.25, 0.3) is 0 Å².